The van der Waals surface area contributed by atoms with E-state index in [0.29, 0.717) is 0 Å². The van der Waals surface area contributed by atoms with Crippen molar-refractivity contribution in [3.63, 3.8) is 0 Å². The number of halogens is 1. The standard InChI is InChI=1S/C3H5.ClH.Hg/c1-3-2;;/h3H,1-2H2;1H;/q;;+1/p-1. The van der Waals surface area contributed by atoms with Crippen LogP contribution in [-0.4, -0.2) is 0 Å². The molecule has 5 heavy (non-hydrogen) atoms. The predicted octanol–water partition coefficient (Wildman–Crippen LogP) is 1.83. The third-order valence-electron chi connectivity index (χ3n) is 0.313. The Bertz CT molecular complexity index is 28.1. The molecule has 0 N–H and O–H groups in total. The zero-order valence-corrected chi connectivity index (χ0v) is 9.33. The molecule has 0 saturated carbocycles. The summed E-state index contributed by atoms with van der Waals surface area (Å²) in [5.74, 6) is 0. The van der Waals surface area contributed by atoms with Gasteiger partial charge in [0.25, 0.3) is 0 Å². The second-order valence-electron chi connectivity index (χ2n) is 0.766. The van der Waals surface area contributed by atoms with Crippen molar-refractivity contribution in [1.29, 1.82) is 0 Å². The molecule has 2 heteroatoms. The van der Waals surface area contributed by atoms with Gasteiger partial charge in [-0.15, -0.1) is 0 Å². The molecule has 0 aliphatic carbocycles. The minimum atomic E-state index is -0.790. The van der Waals surface area contributed by atoms with E-state index >= 15 is 0 Å². The first-order valence-electron chi connectivity index (χ1n) is 1.58. The van der Waals surface area contributed by atoms with E-state index in [1.165, 1.54) is 0 Å². The quantitative estimate of drug-likeness (QED) is 0.533. The van der Waals surface area contributed by atoms with Gasteiger partial charge in [0.1, 0.15) is 0 Å². The van der Waals surface area contributed by atoms with Gasteiger partial charge in [-0.3, -0.25) is 0 Å². The third kappa shape index (κ3) is 4.97. The molecule has 0 aliphatic heterocycles. The van der Waals surface area contributed by atoms with Crippen molar-refractivity contribution in [2.24, 2.45) is 0 Å². The van der Waals surface area contributed by atoms with Crippen molar-refractivity contribution in [2.75, 3.05) is 0 Å². The summed E-state index contributed by atoms with van der Waals surface area (Å²) in [4.78, 5) is 0. The molecule has 0 aromatic carbocycles. The summed E-state index contributed by atoms with van der Waals surface area (Å²) in [5.41, 5.74) is 0. The molecule has 0 amide bonds. The fourth-order valence-electron chi connectivity index (χ4n) is 0.0772. The van der Waals surface area contributed by atoms with Crippen LogP contribution in [0.2, 0.25) is 3.93 Å². The fraction of sp³-hybridized carbons (Fsp3) is 0.333. The van der Waals surface area contributed by atoms with Crippen molar-refractivity contribution in [2.45, 2.75) is 3.93 Å². The monoisotopic (exact) mass is 278 g/mol. The molecule has 0 rings (SSSR count). The van der Waals surface area contributed by atoms with E-state index in [0.717, 1.165) is 3.93 Å². The van der Waals surface area contributed by atoms with Crippen molar-refractivity contribution < 1.29 is 23.3 Å². The predicted molar refractivity (Wildman–Crippen MR) is 20.9 cm³/mol. The van der Waals surface area contributed by atoms with Gasteiger partial charge in [-0.2, -0.15) is 0 Å². The van der Waals surface area contributed by atoms with Gasteiger partial charge in [0.2, 0.25) is 0 Å². The summed E-state index contributed by atoms with van der Waals surface area (Å²) in [6.07, 6.45) is 1.90. The van der Waals surface area contributed by atoms with Gasteiger partial charge < -0.3 is 0 Å². The molecule has 26 valence electrons. The van der Waals surface area contributed by atoms with Crippen molar-refractivity contribution >= 4 is 8.25 Å². The molecule has 0 bridgehead atoms. The zero-order valence-electron chi connectivity index (χ0n) is 3.08. The van der Waals surface area contributed by atoms with Crippen molar-refractivity contribution in [3.05, 3.63) is 12.7 Å². The van der Waals surface area contributed by atoms with Crippen LogP contribution in [0.25, 0.3) is 0 Å². The first-order chi connectivity index (χ1) is 2.41. The maximum atomic E-state index is 5.45. The molecular weight excluding hydrogens is 272 g/mol. The zero-order chi connectivity index (χ0) is 4.12. The average Bonchev–Trinajstić information content (AvgIpc) is 1.41. The molecule has 0 aromatic rings. The minimum absolute atomic E-state index is 0.790. The molecule has 0 heterocycles. The maximum absolute atomic E-state index is 5.45. The van der Waals surface area contributed by atoms with Crippen LogP contribution in [-0.2, 0) is 23.3 Å². The van der Waals surface area contributed by atoms with Gasteiger partial charge in [0, 0.05) is 0 Å². The van der Waals surface area contributed by atoms with Gasteiger partial charge in [-0.05, 0) is 0 Å². The summed E-state index contributed by atoms with van der Waals surface area (Å²) in [7, 11) is 5.45. The molecule has 0 atom stereocenters. The van der Waals surface area contributed by atoms with Gasteiger partial charge in [0.05, 0.1) is 0 Å². The molecular formula is C3H5ClHg. The van der Waals surface area contributed by atoms with Gasteiger partial charge in [0.15, 0.2) is 0 Å². The Morgan fingerprint density at radius 1 is 2.00 bits per heavy atom. The van der Waals surface area contributed by atoms with E-state index < -0.39 is 23.3 Å². The number of hydrogen-bond donors (Lipinski definition) is 0. The van der Waals surface area contributed by atoms with Crippen LogP contribution in [0.4, 0.5) is 0 Å². The molecule has 0 aliphatic rings. The Kier molecular flexibility index (Phi) is 5.92. The summed E-state index contributed by atoms with van der Waals surface area (Å²) in [6.45, 7) is 3.52. The summed E-state index contributed by atoms with van der Waals surface area (Å²) in [5, 5.41) is 0. The van der Waals surface area contributed by atoms with Gasteiger partial charge >= 0.3 is 48.2 Å². The molecule has 0 nitrogen and oxygen atoms in total. The molecule has 0 fully saturated rings. The molecule has 0 unspecified atom stereocenters. The topological polar surface area (TPSA) is 0 Å². The molecule has 0 spiro atoms. The van der Waals surface area contributed by atoms with E-state index in [1.54, 1.807) is 0 Å². The number of allylic oxidation sites excluding steroid dienone is 1. The Balaban J connectivity index is 2.40. The second kappa shape index (κ2) is 4.97. The molecule has 0 radical (unpaired) electrons. The van der Waals surface area contributed by atoms with Crippen LogP contribution in [0, 0.1) is 0 Å². The SMILES string of the molecule is C=C[CH2][Hg][Cl]. The first kappa shape index (κ1) is 5.97. The number of hydrogen-bond acceptors (Lipinski definition) is 0. The van der Waals surface area contributed by atoms with Crippen LogP contribution in [0.1, 0.15) is 0 Å². The van der Waals surface area contributed by atoms with Crippen molar-refractivity contribution in [3.8, 4) is 0 Å². The van der Waals surface area contributed by atoms with E-state index in [-0.39, 0.29) is 0 Å². The van der Waals surface area contributed by atoms with Crippen molar-refractivity contribution in [1.82, 2.24) is 0 Å². The normalized spacial score (nSPS) is 5.80. The van der Waals surface area contributed by atoms with E-state index in [4.69, 9.17) is 8.25 Å². The van der Waals surface area contributed by atoms with Gasteiger partial charge in [-0.25, -0.2) is 0 Å². The Labute approximate surface area is 48.1 Å². The van der Waals surface area contributed by atoms with E-state index in [1.807, 2.05) is 6.08 Å². The van der Waals surface area contributed by atoms with Crippen LogP contribution in [0.5, 0.6) is 0 Å². The van der Waals surface area contributed by atoms with E-state index in [2.05, 4.69) is 6.58 Å². The van der Waals surface area contributed by atoms with Crippen LogP contribution in [0.3, 0.4) is 0 Å². The average molecular weight is 277 g/mol. The summed E-state index contributed by atoms with van der Waals surface area (Å²) < 4.78 is 1.14. The Hall–Kier alpha value is 0.965. The Morgan fingerprint density at radius 3 is 2.60 bits per heavy atom. The van der Waals surface area contributed by atoms with Crippen LogP contribution < -0.4 is 0 Å². The molecule has 0 aromatic heterocycles. The van der Waals surface area contributed by atoms with Crippen LogP contribution >= 0.6 is 8.25 Å². The molecule has 0 saturated heterocycles. The summed E-state index contributed by atoms with van der Waals surface area (Å²) >= 11 is -0.790. The van der Waals surface area contributed by atoms with Crippen LogP contribution in [0.15, 0.2) is 12.7 Å². The van der Waals surface area contributed by atoms with Gasteiger partial charge in [-0.1, -0.05) is 0 Å². The third-order valence-corrected chi connectivity index (χ3v) is 4.66. The Morgan fingerprint density at radius 2 is 2.60 bits per heavy atom. The fourth-order valence-corrected chi connectivity index (χ4v) is 2.03. The second-order valence-corrected chi connectivity index (χ2v) is 7.80. The number of rotatable bonds is 2. The van der Waals surface area contributed by atoms with E-state index in [9.17, 15) is 0 Å². The first-order valence-corrected chi connectivity index (χ1v) is 12.2. The summed E-state index contributed by atoms with van der Waals surface area (Å²) in [6, 6.07) is 0.